The average Bonchev–Trinajstić information content (AvgIpc) is 3.32. The summed E-state index contributed by atoms with van der Waals surface area (Å²) in [6, 6.07) is 31.4. The van der Waals surface area contributed by atoms with Crippen LogP contribution in [-0.4, -0.2) is 9.97 Å². The molecule has 0 fully saturated rings. The van der Waals surface area contributed by atoms with E-state index in [9.17, 15) is 0 Å². The first-order valence-corrected chi connectivity index (χ1v) is 13.4. The second kappa shape index (κ2) is 10.4. The molecule has 0 saturated carbocycles. The molecule has 7 rings (SSSR count). The molecule has 0 spiro atoms. The number of nitrogens with zero attached hydrogens (tertiary/aromatic N) is 2. The van der Waals surface area contributed by atoms with E-state index in [0.717, 1.165) is 38.7 Å². The number of aromatic nitrogens is 2. The summed E-state index contributed by atoms with van der Waals surface area (Å²) in [4.78, 5) is 9.06. The van der Waals surface area contributed by atoms with Crippen LogP contribution < -0.4 is 0 Å². The smallest absolute Gasteiger partial charge is 0.134 e. The molecule has 3 nitrogen and oxygen atoms in total. The summed E-state index contributed by atoms with van der Waals surface area (Å²) in [5.41, 5.74) is 7.78. The van der Waals surface area contributed by atoms with E-state index in [-0.39, 0.29) is 30.9 Å². The van der Waals surface area contributed by atoms with Gasteiger partial charge in [0.1, 0.15) is 11.2 Å². The maximum absolute atomic E-state index is 5.93. The van der Waals surface area contributed by atoms with Crippen LogP contribution in [0.2, 0.25) is 0 Å². The minimum absolute atomic E-state index is 0. The van der Waals surface area contributed by atoms with Gasteiger partial charge in [0.25, 0.3) is 0 Å². The van der Waals surface area contributed by atoms with Crippen LogP contribution in [0.4, 0.5) is 0 Å². The molecule has 203 valence electrons. The van der Waals surface area contributed by atoms with E-state index in [1.807, 2.05) is 42.6 Å². The van der Waals surface area contributed by atoms with E-state index in [2.05, 4.69) is 100 Å². The number of benzene rings is 4. The molecule has 0 amide bonds. The van der Waals surface area contributed by atoms with Crippen molar-refractivity contribution in [2.24, 2.45) is 0 Å². The normalized spacial score (nSPS) is 12.1. The Labute approximate surface area is 249 Å². The van der Waals surface area contributed by atoms with E-state index in [4.69, 9.17) is 4.42 Å². The number of fused-ring (bicyclic) bond motifs is 3. The third-order valence-corrected chi connectivity index (χ3v) is 7.36. The molecule has 0 unspecified atom stereocenters. The molecule has 0 aliphatic rings. The van der Waals surface area contributed by atoms with Crippen molar-refractivity contribution in [3.8, 4) is 11.3 Å². The van der Waals surface area contributed by atoms with Gasteiger partial charge < -0.3 is 14.4 Å². The Hall–Kier alpha value is -3.59. The van der Waals surface area contributed by atoms with Gasteiger partial charge in [-0.15, -0.1) is 65.0 Å². The summed E-state index contributed by atoms with van der Waals surface area (Å²) in [6.45, 7) is 13.4. The predicted octanol–water partition coefficient (Wildman–Crippen LogP) is 9.67. The van der Waals surface area contributed by atoms with Crippen LogP contribution in [-0.2, 0) is 30.9 Å². The topological polar surface area (TPSA) is 38.9 Å². The number of hydrogen-bond donors (Lipinski definition) is 0. The maximum Gasteiger partial charge on any atom is 0.134 e. The monoisotopic (exact) mass is 701 g/mol. The summed E-state index contributed by atoms with van der Waals surface area (Å²) in [5.74, 6) is 0. The first kappa shape index (κ1) is 28.0. The molecule has 3 aromatic heterocycles. The van der Waals surface area contributed by atoms with E-state index < -0.39 is 0 Å². The van der Waals surface area contributed by atoms with Crippen molar-refractivity contribution in [3.05, 3.63) is 108 Å². The fourth-order valence-corrected chi connectivity index (χ4v) is 5.16. The van der Waals surface area contributed by atoms with E-state index in [0.29, 0.717) is 0 Å². The SMILES string of the molecule is CC(C)(C)c1cc[c-]c(-c2cc(C(C)(C)C)ccn2)c1.[Ir].[c-]1cccc2c1c1nccc3oc4cccc2c4c31. The van der Waals surface area contributed by atoms with Crippen molar-refractivity contribution in [2.45, 2.75) is 52.4 Å². The standard InChI is InChI=1S/C19H24N.C17H8NO.Ir/c1-18(2,3)15-9-7-8-14(12-15)17-13-16(10-11-20-17)19(4,5)6;1-2-5-12-10(4-1)11-6-3-7-13-15(11)16-14(19-13)8-9-18-17(12)16;/h7,9-13H,1-6H3;1-4,6-9H;/q2*-1;. The Bertz CT molecular complexity index is 1800. The van der Waals surface area contributed by atoms with Crippen LogP contribution >= 0.6 is 0 Å². The van der Waals surface area contributed by atoms with E-state index in [1.165, 1.54) is 27.3 Å². The van der Waals surface area contributed by atoms with Gasteiger partial charge in [0.2, 0.25) is 0 Å². The summed E-state index contributed by atoms with van der Waals surface area (Å²) in [6.07, 6.45) is 3.70. The molecule has 7 aromatic rings. The van der Waals surface area contributed by atoms with Gasteiger partial charge in [-0.05, 0) is 45.7 Å². The van der Waals surface area contributed by atoms with Gasteiger partial charge in [-0.25, -0.2) is 0 Å². The van der Waals surface area contributed by atoms with Gasteiger partial charge in [0, 0.05) is 48.8 Å². The van der Waals surface area contributed by atoms with Gasteiger partial charge in [0.15, 0.2) is 0 Å². The van der Waals surface area contributed by atoms with Gasteiger partial charge in [-0.2, -0.15) is 0 Å². The Balaban J connectivity index is 0.000000157. The van der Waals surface area contributed by atoms with Crippen LogP contribution in [0.25, 0.3) is 54.9 Å². The van der Waals surface area contributed by atoms with Crippen molar-refractivity contribution < 1.29 is 24.5 Å². The molecule has 0 aliphatic heterocycles. The van der Waals surface area contributed by atoms with Crippen LogP contribution in [0, 0.1) is 12.1 Å². The second-order valence-corrected chi connectivity index (χ2v) is 12.2. The average molecular weight is 701 g/mol. The van der Waals surface area contributed by atoms with Gasteiger partial charge in [0.05, 0.1) is 0 Å². The van der Waals surface area contributed by atoms with Crippen LogP contribution in [0.1, 0.15) is 52.7 Å². The Kier molecular flexibility index (Phi) is 7.29. The summed E-state index contributed by atoms with van der Waals surface area (Å²) < 4.78 is 5.93. The van der Waals surface area contributed by atoms with Crippen LogP contribution in [0.5, 0.6) is 0 Å². The molecule has 0 saturated heterocycles. The maximum atomic E-state index is 5.93. The van der Waals surface area contributed by atoms with Crippen molar-refractivity contribution in [3.63, 3.8) is 0 Å². The molecule has 0 aliphatic carbocycles. The van der Waals surface area contributed by atoms with Gasteiger partial charge >= 0.3 is 0 Å². The second-order valence-electron chi connectivity index (χ2n) is 12.2. The molecule has 1 radical (unpaired) electrons. The van der Waals surface area contributed by atoms with Crippen LogP contribution in [0.3, 0.4) is 0 Å². The third kappa shape index (κ3) is 5.03. The largest absolute Gasteiger partial charge is 0.457 e. The quantitative estimate of drug-likeness (QED) is 0.127. The van der Waals surface area contributed by atoms with Crippen molar-refractivity contribution in [2.75, 3.05) is 0 Å². The zero-order valence-electron chi connectivity index (χ0n) is 23.7. The molecule has 4 aromatic carbocycles. The van der Waals surface area contributed by atoms with Crippen molar-refractivity contribution >= 4 is 43.6 Å². The first-order chi connectivity index (χ1) is 18.6. The molecule has 0 N–H and O–H groups in total. The first-order valence-electron chi connectivity index (χ1n) is 13.4. The number of hydrogen-bond acceptors (Lipinski definition) is 3. The number of furan rings is 1. The molecular weight excluding hydrogens is 669 g/mol. The minimum Gasteiger partial charge on any atom is -0.457 e. The van der Waals surface area contributed by atoms with Crippen LogP contribution in [0.15, 0.2) is 89.6 Å². The van der Waals surface area contributed by atoms with Crippen molar-refractivity contribution in [1.82, 2.24) is 9.97 Å². The molecular formula is C36H32IrN2O-2. The Morgan fingerprint density at radius 2 is 1.35 bits per heavy atom. The fraction of sp³-hybridized carbons (Fsp3) is 0.222. The Morgan fingerprint density at radius 1 is 0.650 bits per heavy atom. The number of rotatable bonds is 1. The minimum atomic E-state index is 0. The number of pyridine rings is 2. The van der Waals surface area contributed by atoms with E-state index in [1.54, 1.807) is 6.20 Å². The van der Waals surface area contributed by atoms with E-state index >= 15 is 0 Å². The summed E-state index contributed by atoms with van der Waals surface area (Å²) in [7, 11) is 0. The van der Waals surface area contributed by atoms with Crippen molar-refractivity contribution in [1.29, 1.82) is 0 Å². The molecule has 0 bridgehead atoms. The summed E-state index contributed by atoms with van der Waals surface area (Å²) in [5, 5.41) is 5.75. The molecule has 0 atom stereocenters. The molecule has 4 heteroatoms. The third-order valence-electron chi connectivity index (χ3n) is 7.36. The van der Waals surface area contributed by atoms with Gasteiger partial charge in [-0.1, -0.05) is 65.1 Å². The Morgan fingerprint density at radius 3 is 2.12 bits per heavy atom. The predicted molar refractivity (Wildman–Crippen MR) is 162 cm³/mol. The van der Waals surface area contributed by atoms with Gasteiger partial charge in [-0.3, -0.25) is 0 Å². The molecule has 3 heterocycles. The fourth-order valence-electron chi connectivity index (χ4n) is 5.16. The zero-order chi connectivity index (χ0) is 27.4. The summed E-state index contributed by atoms with van der Waals surface area (Å²) >= 11 is 0. The zero-order valence-corrected chi connectivity index (χ0v) is 26.1. The molecule has 40 heavy (non-hydrogen) atoms.